The Morgan fingerprint density at radius 3 is 2.81 bits per heavy atom. The van der Waals surface area contributed by atoms with E-state index in [-0.39, 0.29) is 5.56 Å². The normalized spacial score (nSPS) is 10.8. The van der Waals surface area contributed by atoms with Crippen molar-refractivity contribution in [2.24, 2.45) is 0 Å². The van der Waals surface area contributed by atoms with Crippen molar-refractivity contribution in [3.05, 3.63) is 70.1 Å². The van der Waals surface area contributed by atoms with Crippen LogP contribution in [0.15, 0.2) is 53.5 Å². The number of aryl methyl sites for hydroxylation is 1. The van der Waals surface area contributed by atoms with Gasteiger partial charge in [-0.15, -0.1) is 0 Å². The van der Waals surface area contributed by atoms with Crippen LogP contribution in [0.3, 0.4) is 0 Å². The van der Waals surface area contributed by atoms with Crippen LogP contribution < -0.4 is 10.9 Å². The predicted molar refractivity (Wildman–Crippen MR) is 85.8 cm³/mol. The van der Waals surface area contributed by atoms with Crippen molar-refractivity contribution in [2.45, 2.75) is 13.5 Å². The number of aromatic nitrogens is 2. The quantitative estimate of drug-likeness (QED) is 0.802. The molecule has 1 N–H and O–H groups in total. The van der Waals surface area contributed by atoms with Gasteiger partial charge in [0.15, 0.2) is 0 Å². The van der Waals surface area contributed by atoms with E-state index in [9.17, 15) is 4.79 Å². The van der Waals surface area contributed by atoms with Gasteiger partial charge in [-0.3, -0.25) is 4.79 Å². The molecule has 2 aromatic heterocycles. The van der Waals surface area contributed by atoms with Gasteiger partial charge in [0, 0.05) is 29.8 Å². The lowest BCUT2D eigenvalue weighted by Crippen LogP contribution is -2.22. The summed E-state index contributed by atoms with van der Waals surface area (Å²) < 4.78 is 1.71. The maximum atomic E-state index is 12.2. The topological polar surface area (TPSA) is 46.9 Å². The molecule has 0 fully saturated rings. The van der Waals surface area contributed by atoms with Gasteiger partial charge in [0.05, 0.1) is 12.1 Å². The Balaban J connectivity index is 2.11. The van der Waals surface area contributed by atoms with Gasteiger partial charge in [-0.1, -0.05) is 24.3 Å². The van der Waals surface area contributed by atoms with Gasteiger partial charge < -0.3 is 9.88 Å². The smallest absolute Gasteiger partial charge is 0.253 e. The number of hydrogen-bond acceptors (Lipinski definition) is 3. The van der Waals surface area contributed by atoms with E-state index >= 15 is 0 Å². The van der Waals surface area contributed by atoms with E-state index in [1.54, 1.807) is 4.57 Å². The molecule has 0 radical (unpaired) electrons. The number of rotatable bonds is 3. The Kier molecular flexibility index (Phi) is 3.44. The third-order valence-corrected chi connectivity index (χ3v) is 3.59. The second-order valence-electron chi connectivity index (χ2n) is 5.06. The first-order valence-corrected chi connectivity index (χ1v) is 6.91. The summed E-state index contributed by atoms with van der Waals surface area (Å²) in [5.74, 6) is 0.808. The van der Waals surface area contributed by atoms with Gasteiger partial charge in [0.25, 0.3) is 5.56 Å². The lowest BCUT2D eigenvalue weighted by atomic mass is 10.1. The molecule has 0 unspecified atom stereocenters. The molecule has 4 nitrogen and oxygen atoms in total. The number of para-hydroxylation sites is 1. The summed E-state index contributed by atoms with van der Waals surface area (Å²) in [4.78, 5) is 16.8. The van der Waals surface area contributed by atoms with Crippen LogP contribution in [0.25, 0.3) is 10.9 Å². The van der Waals surface area contributed by atoms with Crippen molar-refractivity contribution in [1.29, 1.82) is 0 Å². The van der Waals surface area contributed by atoms with Crippen molar-refractivity contribution in [3.63, 3.8) is 0 Å². The predicted octanol–water partition coefficient (Wildman–Crippen LogP) is 2.79. The molecule has 1 aromatic carbocycles. The van der Waals surface area contributed by atoms with Gasteiger partial charge in [-0.25, -0.2) is 4.98 Å². The average molecular weight is 279 g/mol. The number of hydrogen-bond donors (Lipinski definition) is 1. The van der Waals surface area contributed by atoms with Crippen LogP contribution >= 0.6 is 0 Å². The Morgan fingerprint density at radius 2 is 2.00 bits per heavy atom. The number of anilines is 1. The highest BCUT2D eigenvalue weighted by atomic mass is 16.1. The summed E-state index contributed by atoms with van der Waals surface area (Å²) >= 11 is 0. The highest BCUT2D eigenvalue weighted by Gasteiger charge is 2.07. The minimum absolute atomic E-state index is 0.0349. The molecular weight excluding hydrogens is 262 g/mol. The van der Waals surface area contributed by atoms with Crippen molar-refractivity contribution in [3.8, 4) is 0 Å². The summed E-state index contributed by atoms with van der Waals surface area (Å²) in [6.07, 6.45) is 1.81. The van der Waals surface area contributed by atoms with Gasteiger partial charge in [-0.2, -0.15) is 0 Å². The van der Waals surface area contributed by atoms with Crippen LogP contribution in [0.5, 0.6) is 0 Å². The fourth-order valence-electron chi connectivity index (χ4n) is 2.46. The van der Waals surface area contributed by atoms with E-state index in [1.165, 1.54) is 0 Å². The Hall–Kier alpha value is -2.62. The van der Waals surface area contributed by atoms with E-state index in [0.717, 1.165) is 27.8 Å². The molecule has 2 heterocycles. The third-order valence-electron chi connectivity index (χ3n) is 3.59. The van der Waals surface area contributed by atoms with Gasteiger partial charge in [0.1, 0.15) is 5.82 Å². The Labute approximate surface area is 123 Å². The summed E-state index contributed by atoms with van der Waals surface area (Å²) in [6, 6.07) is 13.8. The average Bonchev–Trinajstić information content (AvgIpc) is 2.51. The van der Waals surface area contributed by atoms with Crippen molar-refractivity contribution < 1.29 is 0 Å². The number of nitrogens with one attached hydrogen (secondary N) is 1. The van der Waals surface area contributed by atoms with Crippen LogP contribution in [-0.2, 0) is 6.54 Å². The minimum Gasteiger partial charge on any atom is -0.373 e. The SMILES string of the molecule is CNc1nc2ccccc2cc1Cn1cccc(C)c1=O. The van der Waals surface area contributed by atoms with Crippen LogP contribution in [0.2, 0.25) is 0 Å². The van der Waals surface area contributed by atoms with E-state index in [2.05, 4.69) is 16.4 Å². The van der Waals surface area contributed by atoms with Crippen LogP contribution in [0.4, 0.5) is 5.82 Å². The highest BCUT2D eigenvalue weighted by molar-refractivity contribution is 5.81. The van der Waals surface area contributed by atoms with E-state index in [4.69, 9.17) is 0 Å². The first-order valence-electron chi connectivity index (χ1n) is 6.91. The molecule has 4 heteroatoms. The van der Waals surface area contributed by atoms with E-state index in [1.807, 2.05) is 56.6 Å². The molecule has 0 saturated carbocycles. The van der Waals surface area contributed by atoms with E-state index in [0.29, 0.717) is 6.54 Å². The Bertz CT molecular complexity index is 852. The van der Waals surface area contributed by atoms with Crippen molar-refractivity contribution >= 4 is 16.7 Å². The molecule has 0 aliphatic rings. The molecule has 0 atom stereocenters. The maximum absolute atomic E-state index is 12.2. The molecule has 21 heavy (non-hydrogen) atoms. The highest BCUT2D eigenvalue weighted by Crippen LogP contribution is 2.20. The van der Waals surface area contributed by atoms with Crippen molar-refractivity contribution in [2.75, 3.05) is 12.4 Å². The number of nitrogens with zero attached hydrogens (tertiary/aromatic N) is 2. The summed E-state index contributed by atoms with van der Waals surface area (Å²) in [6.45, 7) is 2.34. The van der Waals surface area contributed by atoms with Gasteiger partial charge in [-0.05, 0) is 25.1 Å². The van der Waals surface area contributed by atoms with Crippen LogP contribution in [0.1, 0.15) is 11.1 Å². The molecule has 106 valence electrons. The molecule has 0 spiro atoms. The first-order chi connectivity index (χ1) is 10.2. The summed E-state index contributed by atoms with van der Waals surface area (Å²) in [5, 5.41) is 4.19. The third kappa shape index (κ3) is 2.52. The molecular formula is C17H17N3O. The zero-order valence-corrected chi connectivity index (χ0v) is 12.1. The fraction of sp³-hybridized carbons (Fsp3) is 0.176. The molecule has 0 amide bonds. The van der Waals surface area contributed by atoms with Crippen molar-refractivity contribution in [1.82, 2.24) is 9.55 Å². The van der Waals surface area contributed by atoms with Crippen LogP contribution in [0, 0.1) is 6.92 Å². The molecule has 0 bridgehead atoms. The monoisotopic (exact) mass is 279 g/mol. The lowest BCUT2D eigenvalue weighted by Gasteiger charge is -2.12. The second kappa shape index (κ2) is 5.40. The van der Waals surface area contributed by atoms with Gasteiger partial charge >= 0.3 is 0 Å². The zero-order chi connectivity index (χ0) is 14.8. The van der Waals surface area contributed by atoms with E-state index < -0.39 is 0 Å². The summed E-state index contributed by atoms with van der Waals surface area (Å²) in [5.41, 5.74) is 2.73. The van der Waals surface area contributed by atoms with Gasteiger partial charge in [0.2, 0.25) is 0 Å². The number of pyridine rings is 2. The molecule has 3 rings (SSSR count). The molecule has 0 saturated heterocycles. The molecule has 3 aromatic rings. The molecule has 0 aliphatic heterocycles. The second-order valence-corrected chi connectivity index (χ2v) is 5.06. The standard InChI is InChI=1S/C17H17N3O/c1-12-6-5-9-20(17(12)21)11-14-10-13-7-3-4-8-15(13)19-16(14)18-2/h3-10H,11H2,1-2H3,(H,18,19). The largest absolute Gasteiger partial charge is 0.373 e. The minimum atomic E-state index is 0.0349. The summed E-state index contributed by atoms with van der Waals surface area (Å²) in [7, 11) is 1.85. The van der Waals surface area contributed by atoms with Crippen LogP contribution in [-0.4, -0.2) is 16.6 Å². The zero-order valence-electron chi connectivity index (χ0n) is 12.1. The molecule has 0 aliphatic carbocycles. The number of fused-ring (bicyclic) bond motifs is 1. The first kappa shape index (κ1) is 13.4. The maximum Gasteiger partial charge on any atom is 0.253 e. The Morgan fingerprint density at radius 1 is 1.19 bits per heavy atom. The number of benzene rings is 1. The lowest BCUT2D eigenvalue weighted by molar-refractivity contribution is 0.752. The fourth-order valence-corrected chi connectivity index (χ4v) is 2.46.